The Bertz CT molecular complexity index is 1020. The van der Waals surface area contributed by atoms with E-state index in [9.17, 15) is 23.1 Å². The van der Waals surface area contributed by atoms with Crippen LogP contribution in [-0.2, 0) is 4.74 Å². The number of ether oxygens (including phenoxy) is 1. The minimum atomic E-state index is -4.60. The maximum atomic E-state index is 13.1. The largest absolute Gasteiger partial charge is 0.507 e. The summed E-state index contributed by atoms with van der Waals surface area (Å²) < 4.78 is 43.9. The highest BCUT2D eigenvalue weighted by molar-refractivity contribution is 5.90. The zero-order valence-corrected chi connectivity index (χ0v) is 16.8. The molecule has 3 rings (SSSR count). The number of esters is 1. The van der Waals surface area contributed by atoms with Crippen LogP contribution in [0.4, 0.5) is 13.2 Å². The molecule has 0 radical (unpaired) electrons. The number of unbranched alkanes of at least 4 members (excludes halogenated alkanes) is 1. The molecule has 162 valence electrons. The number of aromatic nitrogens is 2. The normalized spacial score (nSPS) is 12.4. The molecule has 1 heterocycles. The SMILES string of the molecule is CCCCC(OC(=O)c1ccc(-c2ncc(-c3ccccc3O)cn2)cc1)C(F)(F)F. The van der Waals surface area contributed by atoms with Crippen LogP contribution in [0.1, 0.15) is 36.5 Å². The van der Waals surface area contributed by atoms with Crippen LogP contribution < -0.4 is 0 Å². The van der Waals surface area contributed by atoms with Crippen LogP contribution >= 0.6 is 0 Å². The van der Waals surface area contributed by atoms with Gasteiger partial charge in [0, 0.05) is 29.1 Å². The Labute approximate surface area is 177 Å². The Balaban J connectivity index is 1.72. The molecule has 0 aliphatic carbocycles. The quantitative estimate of drug-likeness (QED) is 0.480. The standard InChI is InChI=1S/C23H21F3N2O3/c1-2-3-8-20(23(24,25)26)31-22(30)16-11-9-15(10-12-16)21-27-13-17(14-28-21)18-6-4-5-7-19(18)29/h4-7,9-14,20,29H,2-3,8H2,1H3. The van der Waals surface area contributed by atoms with E-state index in [2.05, 4.69) is 9.97 Å². The second kappa shape index (κ2) is 9.59. The highest BCUT2D eigenvalue weighted by Gasteiger charge is 2.42. The van der Waals surface area contributed by atoms with E-state index in [0.717, 1.165) is 0 Å². The van der Waals surface area contributed by atoms with Crippen molar-refractivity contribution >= 4 is 5.97 Å². The summed E-state index contributed by atoms with van der Waals surface area (Å²) in [7, 11) is 0. The number of para-hydroxylation sites is 1. The molecule has 0 fully saturated rings. The third-order valence-electron chi connectivity index (χ3n) is 4.68. The van der Waals surface area contributed by atoms with Gasteiger partial charge >= 0.3 is 12.1 Å². The van der Waals surface area contributed by atoms with E-state index in [4.69, 9.17) is 4.74 Å². The van der Waals surface area contributed by atoms with Crippen molar-refractivity contribution in [3.05, 3.63) is 66.5 Å². The monoisotopic (exact) mass is 430 g/mol. The summed E-state index contributed by atoms with van der Waals surface area (Å²) in [5, 5.41) is 9.92. The summed E-state index contributed by atoms with van der Waals surface area (Å²) in [5.41, 5.74) is 1.82. The summed E-state index contributed by atoms with van der Waals surface area (Å²) >= 11 is 0. The van der Waals surface area contributed by atoms with E-state index in [1.165, 1.54) is 12.1 Å². The Morgan fingerprint density at radius 3 is 2.26 bits per heavy atom. The van der Waals surface area contributed by atoms with Crippen molar-refractivity contribution in [2.75, 3.05) is 0 Å². The number of rotatable bonds is 7. The molecule has 1 atom stereocenters. The minimum absolute atomic E-state index is 0.0142. The molecule has 3 aromatic rings. The van der Waals surface area contributed by atoms with E-state index < -0.39 is 18.2 Å². The highest BCUT2D eigenvalue weighted by Crippen LogP contribution is 2.29. The maximum absolute atomic E-state index is 13.1. The zero-order valence-electron chi connectivity index (χ0n) is 16.8. The van der Waals surface area contributed by atoms with E-state index in [1.54, 1.807) is 55.7 Å². The zero-order chi connectivity index (χ0) is 22.4. The molecule has 5 nitrogen and oxygen atoms in total. The van der Waals surface area contributed by atoms with E-state index in [1.807, 2.05) is 0 Å². The van der Waals surface area contributed by atoms with Gasteiger partial charge in [-0.25, -0.2) is 14.8 Å². The molecule has 0 aliphatic rings. The fourth-order valence-electron chi connectivity index (χ4n) is 2.97. The number of carbonyl (C=O) groups excluding carboxylic acids is 1. The number of benzene rings is 2. The van der Waals surface area contributed by atoms with E-state index in [-0.39, 0.29) is 17.7 Å². The molecule has 1 unspecified atom stereocenters. The Morgan fingerprint density at radius 1 is 1.03 bits per heavy atom. The van der Waals surface area contributed by atoms with Crippen LogP contribution in [0.2, 0.25) is 0 Å². The Morgan fingerprint density at radius 2 is 1.68 bits per heavy atom. The first-order chi connectivity index (χ1) is 14.8. The fraction of sp³-hybridized carbons (Fsp3) is 0.261. The number of phenolic OH excluding ortho intramolecular Hbond substituents is 1. The van der Waals surface area contributed by atoms with Gasteiger partial charge in [-0.15, -0.1) is 0 Å². The number of aromatic hydroxyl groups is 1. The number of alkyl halides is 3. The summed E-state index contributed by atoms with van der Waals surface area (Å²) in [4.78, 5) is 20.7. The molecule has 1 aromatic heterocycles. The highest BCUT2D eigenvalue weighted by atomic mass is 19.4. The average Bonchev–Trinajstić information content (AvgIpc) is 2.76. The van der Waals surface area contributed by atoms with Gasteiger partial charge < -0.3 is 9.84 Å². The third kappa shape index (κ3) is 5.59. The first kappa shape index (κ1) is 22.3. The number of hydrogen-bond donors (Lipinski definition) is 1. The van der Waals surface area contributed by atoms with Gasteiger partial charge in [-0.05, 0) is 31.0 Å². The van der Waals surface area contributed by atoms with Crippen molar-refractivity contribution in [3.63, 3.8) is 0 Å². The number of hydrogen-bond acceptors (Lipinski definition) is 5. The molecule has 0 amide bonds. The molecule has 0 spiro atoms. The van der Waals surface area contributed by atoms with Crippen molar-refractivity contribution in [2.24, 2.45) is 0 Å². The molecule has 31 heavy (non-hydrogen) atoms. The lowest BCUT2D eigenvalue weighted by molar-refractivity contribution is -0.206. The molecule has 8 heteroatoms. The Kier molecular flexibility index (Phi) is 6.89. The lowest BCUT2D eigenvalue weighted by Crippen LogP contribution is -2.33. The summed E-state index contributed by atoms with van der Waals surface area (Å²) in [6.45, 7) is 1.77. The maximum Gasteiger partial charge on any atom is 0.425 e. The van der Waals surface area contributed by atoms with Crippen molar-refractivity contribution in [1.82, 2.24) is 9.97 Å². The van der Waals surface area contributed by atoms with Gasteiger partial charge in [0.15, 0.2) is 11.9 Å². The average molecular weight is 430 g/mol. The second-order valence-electron chi connectivity index (χ2n) is 6.97. The van der Waals surface area contributed by atoms with Crippen molar-refractivity contribution in [3.8, 4) is 28.3 Å². The lowest BCUT2D eigenvalue weighted by atomic mass is 10.1. The molecular weight excluding hydrogens is 409 g/mol. The van der Waals surface area contributed by atoms with Crippen molar-refractivity contribution in [1.29, 1.82) is 0 Å². The molecule has 1 N–H and O–H groups in total. The van der Waals surface area contributed by atoms with Gasteiger partial charge in [-0.1, -0.05) is 43.7 Å². The van der Waals surface area contributed by atoms with E-state index >= 15 is 0 Å². The molecule has 2 aromatic carbocycles. The minimum Gasteiger partial charge on any atom is -0.507 e. The molecule has 0 saturated carbocycles. The van der Waals surface area contributed by atoms with Crippen LogP contribution in [0.15, 0.2) is 60.9 Å². The number of halogens is 3. The first-order valence-electron chi connectivity index (χ1n) is 9.78. The van der Waals surface area contributed by atoms with Gasteiger partial charge in [0.05, 0.1) is 5.56 Å². The second-order valence-corrected chi connectivity index (χ2v) is 6.97. The third-order valence-corrected chi connectivity index (χ3v) is 4.68. The van der Waals surface area contributed by atoms with Crippen LogP contribution in [0, 0.1) is 0 Å². The molecular formula is C23H21F3N2O3. The van der Waals surface area contributed by atoms with Gasteiger partial charge in [-0.3, -0.25) is 0 Å². The first-order valence-corrected chi connectivity index (χ1v) is 9.78. The van der Waals surface area contributed by atoms with Gasteiger partial charge in [0.1, 0.15) is 5.75 Å². The molecule has 0 saturated heterocycles. The van der Waals surface area contributed by atoms with Crippen molar-refractivity contribution < 1.29 is 27.8 Å². The summed E-state index contributed by atoms with van der Waals surface area (Å²) in [6.07, 6.45) is -2.99. The lowest BCUT2D eigenvalue weighted by Gasteiger charge is -2.20. The van der Waals surface area contributed by atoms with Crippen LogP contribution in [0.3, 0.4) is 0 Å². The fourth-order valence-corrected chi connectivity index (χ4v) is 2.97. The summed E-state index contributed by atoms with van der Waals surface area (Å²) in [6, 6.07) is 12.6. The number of phenols is 1. The van der Waals surface area contributed by atoms with Gasteiger partial charge in [-0.2, -0.15) is 13.2 Å². The number of carbonyl (C=O) groups is 1. The molecule has 0 aliphatic heterocycles. The van der Waals surface area contributed by atoms with Crippen LogP contribution in [0.5, 0.6) is 5.75 Å². The molecule has 0 bridgehead atoms. The number of nitrogens with zero attached hydrogens (tertiary/aromatic N) is 2. The van der Waals surface area contributed by atoms with Crippen LogP contribution in [-0.4, -0.2) is 33.3 Å². The predicted octanol–water partition coefficient (Wildman–Crippen LogP) is 5.79. The van der Waals surface area contributed by atoms with Gasteiger partial charge in [0.2, 0.25) is 0 Å². The predicted molar refractivity (Wildman–Crippen MR) is 109 cm³/mol. The Hall–Kier alpha value is -3.42. The van der Waals surface area contributed by atoms with Crippen molar-refractivity contribution in [2.45, 2.75) is 38.5 Å². The summed E-state index contributed by atoms with van der Waals surface area (Å²) in [5.74, 6) is -0.547. The topological polar surface area (TPSA) is 72.3 Å². The smallest absolute Gasteiger partial charge is 0.425 e. The van der Waals surface area contributed by atoms with Crippen LogP contribution in [0.25, 0.3) is 22.5 Å². The van der Waals surface area contributed by atoms with Gasteiger partial charge in [0.25, 0.3) is 0 Å². The van der Waals surface area contributed by atoms with E-state index in [0.29, 0.717) is 35.4 Å².